The molecule has 0 spiro atoms. The monoisotopic (exact) mass is 418 g/mol. The van der Waals surface area contributed by atoms with E-state index in [-0.39, 0.29) is 5.91 Å². The van der Waals surface area contributed by atoms with Crippen molar-refractivity contribution in [2.75, 3.05) is 31.1 Å². The van der Waals surface area contributed by atoms with Gasteiger partial charge in [0.05, 0.1) is 6.54 Å². The minimum Gasteiger partial charge on any atom is -0.476 e. The van der Waals surface area contributed by atoms with Crippen molar-refractivity contribution in [1.29, 1.82) is 0 Å². The average molecular weight is 419 g/mol. The van der Waals surface area contributed by atoms with E-state index < -0.39 is 0 Å². The number of aryl methyl sites for hydroxylation is 1. The molecule has 1 aromatic heterocycles. The van der Waals surface area contributed by atoms with Crippen LogP contribution in [0.1, 0.15) is 35.4 Å². The van der Waals surface area contributed by atoms with Gasteiger partial charge in [-0.05, 0) is 50.5 Å². The first kappa shape index (κ1) is 18.6. The van der Waals surface area contributed by atoms with Crippen LogP contribution in [0.2, 0.25) is 0 Å². The Morgan fingerprint density at radius 1 is 1.19 bits per heavy atom. The van der Waals surface area contributed by atoms with Gasteiger partial charge in [0.25, 0.3) is 5.91 Å². The summed E-state index contributed by atoms with van der Waals surface area (Å²) in [5.41, 5.74) is 0.624. The second kappa shape index (κ2) is 8.98. The highest BCUT2D eigenvalue weighted by Crippen LogP contribution is 2.21. The van der Waals surface area contributed by atoms with Crippen molar-refractivity contribution in [3.8, 4) is 5.88 Å². The van der Waals surface area contributed by atoms with Crippen molar-refractivity contribution in [3.63, 3.8) is 0 Å². The lowest BCUT2D eigenvalue weighted by Crippen LogP contribution is -2.30. The van der Waals surface area contributed by atoms with E-state index in [1.165, 1.54) is 19.3 Å². The van der Waals surface area contributed by atoms with Crippen molar-refractivity contribution < 1.29 is 9.53 Å². The molecule has 2 aromatic rings. The highest BCUT2D eigenvalue weighted by molar-refractivity contribution is 9.10. The van der Waals surface area contributed by atoms with E-state index in [4.69, 9.17) is 4.74 Å². The third kappa shape index (κ3) is 5.17. The quantitative estimate of drug-likeness (QED) is 0.728. The molecule has 1 aromatic carbocycles. The molecule has 0 atom stereocenters. The van der Waals surface area contributed by atoms with Gasteiger partial charge < -0.3 is 15.0 Å². The van der Waals surface area contributed by atoms with Gasteiger partial charge >= 0.3 is 0 Å². The van der Waals surface area contributed by atoms with Gasteiger partial charge in [-0.25, -0.2) is 4.98 Å². The summed E-state index contributed by atoms with van der Waals surface area (Å²) in [6, 6.07) is 9.13. The van der Waals surface area contributed by atoms with Gasteiger partial charge in [-0.1, -0.05) is 15.9 Å². The number of carbonyl (C=O) groups excluding carboxylic acids is 1. The van der Waals surface area contributed by atoms with Gasteiger partial charge in [-0.15, -0.1) is 0 Å². The normalized spacial score (nSPS) is 14.2. The molecule has 3 rings (SSSR count). The van der Waals surface area contributed by atoms with Crippen molar-refractivity contribution in [3.05, 3.63) is 46.2 Å². The van der Waals surface area contributed by atoms with E-state index in [1.54, 1.807) is 12.1 Å². The van der Waals surface area contributed by atoms with E-state index in [9.17, 15) is 4.79 Å². The van der Waals surface area contributed by atoms with Crippen LogP contribution in [0.4, 0.5) is 5.82 Å². The molecule has 1 amide bonds. The lowest BCUT2D eigenvalue weighted by molar-refractivity contribution is 0.0946. The maximum absolute atomic E-state index is 12.1. The summed E-state index contributed by atoms with van der Waals surface area (Å²) < 4.78 is 6.67. The highest BCUT2D eigenvalue weighted by Gasteiger charge is 2.14. The van der Waals surface area contributed by atoms with Crippen LogP contribution in [0.3, 0.4) is 0 Å². The summed E-state index contributed by atoms with van der Waals surface area (Å²) in [6.07, 6.45) is 3.67. The molecule has 1 aliphatic rings. The first-order valence-corrected chi connectivity index (χ1v) is 9.68. The fourth-order valence-electron chi connectivity index (χ4n) is 2.91. The summed E-state index contributed by atoms with van der Waals surface area (Å²) in [4.78, 5) is 23.2. The van der Waals surface area contributed by atoms with Crippen LogP contribution in [0, 0.1) is 6.92 Å². The maximum atomic E-state index is 12.1. The van der Waals surface area contributed by atoms with Crippen molar-refractivity contribution >= 4 is 27.7 Å². The zero-order valence-electron chi connectivity index (χ0n) is 14.9. The fourth-order valence-corrected chi connectivity index (χ4v) is 3.17. The largest absolute Gasteiger partial charge is 0.476 e. The molecule has 2 heterocycles. The predicted octanol–water partition coefficient (Wildman–Crippen LogP) is 3.35. The number of nitrogens with zero attached hydrogens (tertiary/aromatic N) is 3. The van der Waals surface area contributed by atoms with Crippen LogP contribution in [0.25, 0.3) is 0 Å². The minimum atomic E-state index is -0.117. The summed E-state index contributed by atoms with van der Waals surface area (Å²) in [5.74, 6) is 2.05. The summed E-state index contributed by atoms with van der Waals surface area (Å²) >= 11 is 3.36. The number of amides is 1. The molecule has 0 radical (unpaired) electrons. The summed E-state index contributed by atoms with van der Waals surface area (Å²) in [5, 5.41) is 2.85. The highest BCUT2D eigenvalue weighted by atomic mass is 79.9. The van der Waals surface area contributed by atoms with Crippen LogP contribution in [-0.2, 0) is 0 Å². The second-order valence-corrected chi connectivity index (χ2v) is 7.19. The Labute approximate surface area is 162 Å². The van der Waals surface area contributed by atoms with Gasteiger partial charge in [0, 0.05) is 29.2 Å². The molecular weight excluding hydrogens is 396 g/mol. The fraction of sp³-hybridized carbons (Fsp3) is 0.421. The van der Waals surface area contributed by atoms with E-state index in [1.807, 2.05) is 25.1 Å². The Balaban J connectivity index is 1.50. The molecular formula is C19H23BrN4O2. The predicted molar refractivity (Wildman–Crippen MR) is 105 cm³/mol. The number of nitrogens with one attached hydrogen (secondary N) is 1. The molecule has 26 heavy (non-hydrogen) atoms. The molecule has 1 fully saturated rings. The number of ether oxygens (including phenoxy) is 1. The van der Waals surface area contributed by atoms with Crippen LogP contribution >= 0.6 is 15.9 Å². The standard InChI is InChI=1S/C19H23BrN4O2/c1-14-22-17(24-10-3-2-4-11-24)13-18(23-14)26-12-9-21-19(25)15-5-7-16(20)8-6-15/h5-8,13H,2-4,9-12H2,1H3,(H,21,25). The van der Waals surface area contributed by atoms with Crippen LogP contribution in [-0.4, -0.2) is 42.1 Å². The molecule has 1 saturated heterocycles. The molecule has 1 aliphatic heterocycles. The summed E-state index contributed by atoms with van der Waals surface area (Å²) in [7, 11) is 0. The van der Waals surface area contributed by atoms with Gasteiger partial charge in [0.15, 0.2) is 0 Å². The Bertz CT molecular complexity index is 746. The Kier molecular flexibility index (Phi) is 6.44. The third-order valence-electron chi connectivity index (χ3n) is 4.22. The molecule has 1 N–H and O–H groups in total. The van der Waals surface area contributed by atoms with Gasteiger partial charge in [-0.3, -0.25) is 4.79 Å². The number of anilines is 1. The van der Waals surface area contributed by atoms with E-state index in [2.05, 4.69) is 36.1 Å². The first-order valence-electron chi connectivity index (χ1n) is 8.89. The van der Waals surface area contributed by atoms with Crippen molar-refractivity contribution in [2.24, 2.45) is 0 Å². The van der Waals surface area contributed by atoms with Crippen LogP contribution < -0.4 is 15.0 Å². The number of rotatable bonds is 6. The molecule has 7 heteroatoms. The zero-order chi connectivity index (χ0) is 18.4. The number of hydrogen-bond acceptors (Lipinski definition) is 5. The summed E-state index contributed by atoms with van der Waals surface area (Å²) in [6.45, 7) is 4.70. The number of carbonyl (C=O) groups is 1. The molecule has 0 bridgehead atoms. The molecule has 138 valence electrons. The SMILES string of the molecule is Cc1nc(OCCNC(=O)c2ccc(Br)cc2)cc(N2CCCCC2)n1. The Morgan fingerprint density at radius 3 is 2.65 bits per heavy atom. The van der Waals surface area contributed by atoms with Crippen LogP contribution in [0.5, 0.6) is 5.88 Å². The average Bonchev–Trinajstić information content (AvgIpc) is 2.66. The number of aromatic nitrogens is 2. The van der Waals surface area contributed by atoms with Crippen molar-refractivity contribution in [2.45, 2.75) is 26.2 Å². The van der Waals surface area contributed by atoms with E-state index in [0.717, 1.165) is 23.4 Å². The number of piperidine rings is 1. The molecule has 0 unspecified atom stereocenters. The van der Waals surface area contributed by atoms with Gasteiger partial charge in [0.2, 0.25) is 5.88 Å². The first-order chi connectivity index (χ1) is 12.6. The third-order valence-corrected chi connectivity index (χ3v) is 4.75. The Hall–Kier alpha value is -2.15. The number of benzene rings is 1. The maximum Gasteiger partial charge on any atom is 0.251 e. The smallest absolute Gasteiger partial charge is 0.251 e. The number of hydrogen-bond donors (Lipinski definition) is 1. The van der Waals surface area contributed by atoms with Crippen molar-refractivity contribution in [1.82, 2.24) is 15.3 Å². The van der Waals surface area contributed by atoms with Gasteiger partial charge in [-0.2, -0.15) is 4.98 Å². The Morgan fingerprint density at radius 2 is 1.92 bits per heavy atom. The number of halogens is 1. The second-order valence-electron chi connectivity index (χ2n) is 6.27. The molecule has 0 aliphatic carbocycles. The van der Waals surface area contributed by atoms with Gasteiger partial charge in [0.1, 0.15) is 18.2 Å². The van der Waals surface area contributed by atoms with E-state index >= 15 is 0 Å². The van der Waals surface area contributed by atoms with Crippen LogP contribution in [0.15, 0.2) is 34.8 Å². The molecule has 0 saturated carbocycles. The van der Waals surface area contributed by atoms with E-state index in [0.29, 0.717) is 30.4 Å². The molecule has 6 nitrogen and oxygen atoms in total. The minimum absolute atomic E-state index is 0.117. The lowest BCUT2D eigenvalue weighted by Gasteiger charge is -2.28. The topological polar surface area (TPSA) is 67.3 Å². The zero-order valence-corrected chi connectivity index (χ0v) is 16.5. The lowest BCUT2D eigenvalue weighted by atomic mass is 10.1.